The third-order valence-corrected chi connectivity index (χ3v) is 6.49. The highest BCUT2D eigenvalue weighted by molar-refractivity contribution is 6.02. The van der Waals surface area contributed by atoms with Gasteiger partial charge in [-0.25, -0.2) is 4.68 Å². The lowest BCUT2D eigenvalue weighted by Gasteiger charge is -2.33. The second kappa shape index (κ2) is 11.9. The SMILES string of the molecule is COc1ccc(C)cc1N(C(=O)Cn1nnc2ccccc21)[C@H](C(=O)NCCC(C)C)c1ccc(C)cc1. The lowest BCUT2D eigenvalue weighted by molar-refractivity contribution is -0.127. The summed E-state index contributed by atoms with van der Waals surface area (Å²) in [6, 6.07) is 19.9. The Morgan fingerprint density at radius 3 is 2.42 bits per heavy atom. The van der Waals surface area contributed by atoms with E-state index in [2.05, 4.69) is 29.5 Å². The van der Waals surface area contributed by atoms with Crippen LogP contribution in [0.2, 0.25) is 0 Å². The zero-order valence-corrected chi connectivity index (χ0v) is 22.6. The van der Waals surface area contributed by atoms with Crippen LogP contribution in [0, 0.1) is 19.8 Å². The molecular formula is C30H35N5O3. The third kappa shape index (κ3) is 6.02. The van der Waals surface area contributed by atoms with Crippen molar-refractivity contribution in [2.45, 2.75) is 46.7 Å². The van der Waals surface area contributed by atoms with Gasteiger partial charge in [-0.15, -0.1) is 5.10 Å². The number of hydrogen-bond acceptors (Lipinski definition) is 5. The Bertz CT molecular complexity index is 1410. The molecule has 4 aromatic rings. The quantitative estimate of drug-likeness (QED) is 0.323. The Hall–Kier alpha value is -4.20. The Balaban J connectivity index is 1.83. The molecule has 38 heavy (non-hydrogen) atoms. The lowest BCUT2D eigenvalue weighted by atomic mass is 10.0. The number of benzene rings is 3. The molecule has 0 fully saturated rings. The van der Waals surface area contributed by atoms with E-state index in [0.29, 0.717) is 35.0 Å². The minimum Gasteiger partial charge on any atom is -0.495 e. The summed E-state index contributed by atoms with van der Waals surface area (Å²) >= 11 is 0. The standard InChI is InChI=1S/C30H35N5O3/c1-20(2)16-17-31-30(37)29(23-13-10-21(3)11-14-23)35(26-18-22(4)12-15-27(26)38-5)28(36)19-34-25-9-7-6-8-24(25)32-33-34/h6-15,18,20,29H,16-17,19H2,1-5H3,(H,31,37)/t29-/m0/s1. The summed E-state index contributed by atoms with van der Waals surface area (Å²) in [6.07, 6.45) is 0.832. The van der Waals surface area contributed by atoms with Crippen LogP contribution in [-0.4, -0.2) is 40.5 Å². The van der Waals surface area contributed by atoms with Crippen molar-refractivity contribution in [1.82, 2.24) is 20.3 Å². The van der Waals surface area contributed by atoms with Crippen molar-refractivity contribution in [3.8, 4) is 5.75 Å². The number of nitrogens with one attached hydrogen (secondary N) is 1. The van der Waals surface area contributed by atoms with Crippen LogP contribution in [-0.2, 0) is 16.1 Å². The van der Waals surface area contributed by atoms with E-state index in [-0.39, 0.29) is 18.4 Å². The maximum Gasteiger partial charge on any atom is 0.249 e. The molecule has 8 heteroatoms. The molecule has 0 aliphatic heterocycles. The van der Waals surface area contributed by atoms with Crippen LogP contribution in [0.4, 0.5) is 5.69 Å². The highest BCUT2D eigenvalue weighted by atomic mass is 16.5. The van der Waals surface area contributed by atoms with Gasteiger partial charge in [-0.3, -0.25) is 14.5 Å². The molecule has 8 nitrogen and oxygen atoms in total. The maximum absolute atomic E-state index is 14.2. The number of carbonyl (C=O) groups excluding carboxylic acids is 2. The molecule has 0 bridgehead atoms. The molecule has 0 spiro atoms. The Morgan fingerprint density at radius 1 is 1.00 bits per heavy atom. The van der Waals surface area contributed by atoms with Gasteiger partial charge in [0.25, 0.3) is 0 Å². The second-order valence-electron chi connectivity index (χ2n) is 9.96. The average Bonchev–Trinajstić information content (AvgIpc) is 3.30. The van der Waals surface area contributed by atoms with Crippen molar-refractivity contribution in [3.05, 3.63) is 83.4 Å². The van der Waals surface area contributed by atoms with Crippen molar-refractivity contribution in [1.29, 1.82) is 0 Å². The topological polar surface area (TPSA) is 89.3 Å². The molecule has 1 heterocycles. The number of aryl methyl sites for hydroxylation is 2. The number of anilines is 1. The third-order valence-electron chi connectivity index (χ3n) is 6.49. The van der Waals surface area contributed by atoms with E-state index in [0.717, 1.165) is 23.1 Å². The van der Waals surface area contributed by atoms with E-state index >= 15 is 0 Å². The summed E-state index contributed by atoms with van der Waals surface area (Å²) in [4.78, 5) is 29.6. The van der Waals surface area contributed by atoms with E-state index in [1.165, 1.54) is 4.90 Å². The Morgan fingerprint density at radius 2 is 1.71 bits per heavy atom. The first-order chi connectivity index (χ1) is 18.3. The van der Waals surface area contributed by atoms with Crippen LogP contribution in [0.1, 0.15) is 43.0 Å². The highest BCUT2D eigenvalue weighted by Crippen LogP contribution is 2.36. The van der Waals surface area contributed by atoms with E-state index in [1.807, 2.05) is 80.6 Å². The summed E-state index contributed by atoms with van der Waals surface area (Å²) in [5, 5.41) is 11.5. The van der Waals surface area contributed by atoms with Crippen LogP contribution >= 0.6 is 0 Å². The van der Waals surface area contributed by atoms with Crippen molar-refractivity contribution >= 4 is 28.5 Å². The van der Waals surface area contributed by atoms with E-state index in [9.17, 15) is 9.59 Å². The number of rotatable bonds is 10. The Labute approximate surface area is 223 Å². The molecule has 0 aliphatic rings. The van der Waals surface area contributed by atoms with Crippen LogP contribution in [0.3, 0.4) is 0 Å². The number of amides is 2. The number of methoxy groups -OCH3 is 1. The van der Waals surface area contributed by atoms with Gasteiger partial charge in [-0.2, -0.15) is 0 Å². The highest BCUT2D eigenvalue weighted by Gasteiger charge is 2.35. The molecule has 0 saturated carbocycles. The van der Waals surface area contributed by atoms with Gasteiger partial charge >= 0.3 is 0 Å². The van der Waals surface area contributed by atoms with E-state index in [4.69, 9.17) is 4.74 Å². The molecule has 1 atom stereocenters. The lowest BCUT2D eigenvalue weighted by Crippen LogP contribution is -2.45. The number of aromatic nitrogens is 3. The van der Waals surface area contributed by atoms with E-state index in [1.54, 1.807) is 11.8 Å². The number of para-hydroxylation sites is 1. The fourth-order valence-electron chi connectivity index (χ4n) is 4.39. The molecule has 2 amide bonds. The second-order valence-corrected chi connectivity index (χ2v) is 9.96. The van der Waals surface area contributed by atoms with Gasteiger partial charge in [-0.1, -0.05) is 67.1 Å². The zero-order valence-electron chi connectivity index (χ0n) is 22.6. The first-order valence-electron chi connectivity index (χ1n) is 12.9. The summed E-state index contributed by atoms with van der Waals surface area (Å²) in [6.45, 7) is 8.57. The van der Waals surface area contributed by atoms with Crippen molar-refractivity contribution < 1.29 is 14.3 Å². The minimum absolute atomic E-state index is 0.0980. The molecule has 4 rings (SSSR count). The molecule has 3 aromatic carbocycles. The van der Waals surface area contributed by atoms with E-state index < -0.39 is 6.04 Å². The summed E-state index contributed by atoms with van der Waals surface area (Å²) < 4.78 is 7.24. The van der Waals surface area contributed by atoms with Gasteiger partial charge in [0.15, 0.2) is 0 Å². The van der Waals surface area contributed by atoms with Gasteiger partial charge in [0.05, 0.1) is 18.3 Å². The van der Waals surface area contributed by atoms with Gasteiger partial charge < -0.3 is 10.1 Å². The van der Waals surface area contributed by atoms with Gasteiger partial charge in [0.1, 0.15) is 23.9 Å². The molecular weight excluding hydrogens is 478 g/mol. The monoisotopic (exact) mass is 513 g/mol. The van der Waals surface area contributed by atoms with Crippen LogP contribution < -0.4 is 15.0 Å². The fraction of sp³-hybridized carbons (Fsp3) is 0.333. The van der Waals surface area contributed by atoms with Crippen LogP contribution in [0.25, 0.3) is 11.0 Å². The minimum atomic E-state index is -0.916. The number of fused-ring (bicyclic) bond motifs is 1. The van der Waals surface area contributed by atoms with Gasteiger partial charge in [-0.05, 0) is 61.6 Å². The van der Waals surface area contributed by atoms with Gasteiger partial charge in [0.2, 0.25) is 11.8 Å². The van der Waals surface area contributed by atoms with Crippen molar-refractivity contribution in [2.75, 3.05) is 18.6 Å². The van der Waals surface area contributed by atoms with Crippen molar-refractivity contribution in [2.24, 2.45) is 5.92 Å². The maximum atomic E-state index is 14.2. The Kier molecular flexibility index (Phi) is 8.41. The number of ether oxygens (including phenoxy) is 1. The van der Waals surface area contributed by atoms with Crippen LogP contribution in [0.5, 0.6) is 5.75 Å². The predicted molar refractivity (Wildman–Crippen MR) is 149 cm³/mol. The molecule has 0 saturated heterocycles. The molecule has 1 N–H and O–H groups in total. The largest absolute Gasteiger partial charge is 0.495 e. The van der Waals surface area contributed by atoms with Gasteiger partial charge in [0, 0.05) is 6.54 Å². The van der Waals surface area contributed by atoms with Crippen molar-refractivity contribution in [3.63, 3.8) is 0 Å². The molecule has 198 valence electrons. The molecule has 1 aromatic heterocycles. The summed E-state index contributed by atoms with van der Waals surface area (Å²) in [7, 11) is 1.56. The zero-order chi connectivity index (χ0) is 27.2. The summed E-state index contributed by atoms with van der Waals surface area (Å²) in [5.74, 6) is 0.367. The first kappa shape index (κ1) is 26.9. The number of nitrogens with zero attached hydrogens (tertiary/aromatic N) is 4. The normalized spacial score (nSPS) is 11.9. The molecule has 0 unspecified atom stereocenters. The predicted octanol–water partition coefficient (Wildman–Crippen LogP) is 4.99. The average molecular weight is 514 g/mol. The van der Waals surface area contributed by atoms with Crippen LogP contribution in [0.15, 0.2) is 66.7 Å². The molecule has 0 radical (unpaired) electrons. The first-order valence-corrected chi connectivity index (χ1v) is 12.9. The molecule has 0 aliphatic carbocycles. The fourth-order valence-corrected chi connectivity index (χ4v) is 4.39. The number of carbonyl (C=O) groups is 2. The smallest absolute Gasteiger partial charge is 0.249 e. The number of hydrogen-bond donors (Lipinski definition) is 1. The summed E-state index contributed by atoms with van der Waals surface area (Å²) in [5.41, 5.74) is 4.66.